The average Bonchev–Trinajstić information content (AvgIpc) is 2.39. The Bertz CT molecular complexity index is 587. The number of hydrogen-bond acceptors (Lipinski definition) is 3. The number of sulfonamides is 1. The summed E-state index contributed by atoms with van der Waals surface area (Å²) in [5.41, 5.74) is 0.831. The summed E-state index contributed by atoms with van der Waals surface area (Å²) in [4.78, 5) is 0.275. The van der Waals surface area contributed by atoms with Crippen LogP contribution in [-0.2, 0) is 16.4 Å². The van der Waals surface area contributed by atoms with E-state index in [1.165, 1.54) is 6.42 Å². The Morgan fingerprint density at radius 1 is 1.30 bits per heavy atom. The second kappa shape index (κ2) is 6.38. The zero-order chi connectivity index (χ0) is 14.6. The van der Waals surface area contributed by atoms with Gasteiger partial charge in [-0.15, -0.1) is 0 Å². The molecule has 1 aliphatic rings. The maximum absolute atomic E-state index is 12.3. The Hall–Kier alpha value is -1.38. The highest BCUT2D eigenvalue weighted by Gasteiger charge is 2.24. The summed E-state index contributed by atoms with van der Waals surface area (Å²) in [5, 5.41) is 8.61. The molecule has 0 saturated heterocycles. The highest BCUT2D eigenvalue weighted by atomic mass is 32.2. The number of rotatable bonds is 4. The van der Waals surface area contributed by atoms with Gasteiger partial charge in [-0.05, 0) is 36.5 Å². The Morgan fingerprint density at radius 2 is 2.00 bits per heavy atom. The standard InChI is InChI=1S/C15H20N2O2S/c1-12-3-2-4-14(11-12)17-20(18,19)15-7-5-13(6-8-15)9-10-16/h5-8,12,14,17H,2-4,9,11H2,1H3. The van der Waals surface area contributed by atoms with E-state index in [4.69, 9.17) is 5.26 Å². The van der Waals surface area contributed by atoms with Gasteiger partial charge in [0.05, 0.1) is 17.4 Å². The summed E-state index contributed by atoms with van der Waals surface area (Å²) >= 11 is 0. The molecule has 1 N–H and O–H groups in total. The Kier molecular flexibility index (Phi) is 4.79. The van der Waals surface area contributed by atoms with Crippen molar-refractivity contribution in [2.24, 2.45) is 5.92 Å². The molecule has 20 heavy (non-hydrogen) atoms. The van der Waals surface area contributed by atoms with E-state index in [9.17, 15) is 8.42 Å². The third kappa shape index (κ3) is 3.81. The lowest BCUT2D eigenvalue weighted by Gasteiger charge is -2.27. The fourth-order valence-corrected chi connectivity index (χ4v) is 3.99. The molecule has 1 saturated carbocycles. The zero-order valence-electron chi connectivity index (χ0n) is 11.7. The first-order valence-electron chi connectivity index (χ1n) is 6.99. The third-order valence-corrected chi connectivity index (χ3v) is 5.31. The van der Waals surface area contributed by atoms with Gasteiger partial charge in [0.1, 0.15) is 0 Å². The molecule has 0 heterocycles. The number of nitriles is 1. The van der Waals surface area contributed by atoms with E-state index in [1.54, 1.807) is 24.3 Å². The van der Waals surface area contributed by atoms with Crippen molar-refractivity contribution < 1.29 is 8.42 Å². The van der Waals surface area contributed by atoms with Crippen molar-refractivity contribution in [1.29, 1.82) is 5.26 Å². The van der Waals surface area contributed by atoms with E-state index in [2.05, 4.69) is 11.6 Å². The molecule has 5 heteroatoms. The smallest absolute Gasteiger partial charge is 0.208 e. The van der Waals surface area contributed by atoms with E-state index >= 15 is 0 Å². The molecule has 0 aliphatic heterocycles. The molecular weight excluding hydrogens is 272 g/mol. The minimum atomic E-state index is -3.45. The molecule has 1 aliphatic carbocycles. The number of nitrogens with zero attached hydrogens (tertiary/aromatic N) is 1. The van der Waals surface area contributed by atoms with Crippen LogP contribution in [0.15, 0.2) is 29.2 Å². The second-order valence-corrected chi connectivity index (χ2v) is 7.28. The van der Waals surface area contributed by atoms with Crippen LogP contribution in [-0.4, -0.2) is 14.5 Å². The molecular formula is C15H20N2O2S. The molecule has 0 spiro atoms. The van der Waals surface area contributed by atoms with Gasteiger partial charge in [-0.1, -0.05) is 31.9 Å². The van der Waals surface area contributed by atoms with Gasteiger partial charge in [0, 0.05) is 6.04 Å². The summed E-state index contributed by atoms with van der Waals surface area (Å²) in [6, 6.07) is 8.62. The second-order valence-electron chi connectivity index (χ2n) is 5.57. The van der Waals surface area contributed by atoms with Gasteiger partial charge >= 0.3 is 0 Å². The first-order valence-corrected chi connectivity index (χ1v) is 8.48. The number of hydrogen-bond donors (Lipinski definition) is 1. The highest BCUT2D eigenvalue weighted by molar-refractivity contribution is 7.89. The van der Waals surface area contributed by atoms with Gasteiger partial charge in [0.25, 0.3) is 0 Å². The molecule has 0 radical (unpaired) electrons. The van der Waals surface area contributed by atoms with Crippen LogP contribution in [0.25, 0.3) is 0 Å². The largest absolute Gasteiger partial charge is 0.240 e. The summed E-state index contributed by atoms with van der Waals surface area (Å²) in [7, 11) is -3.45. The van der Waals surface area contributed by atoms with Crippen LogP contribution in [0.4, 0.5) is 0 Å². The lowest BCUT2D eigenvalue weighted by molar-refractivity contribution is 0.327. The predicted octanol–water partition coefficient (Wildman–Crippen LogP) is 2.61. The van der Waals surface area contributed by atoms with Gasteiger partial charge in [-0.2, -0.15) is 5.26 Å². The van der Waals surface area contributed by atoms with Crippen molar-refractivity contribution in [2.45, 2.75) is 50.0 Å². The molecule has 0 bridgehead atoms. The van der Waals surface area contributed by atoms with E-state index < -0.39 is 10.0 Å². The van der Waals surface area contributed by atoms with Crippen molar-refractivity contribution >= 4 is 10.0 Å². The van der Waals surface area contributed by atoms with E-state index in [0.29, 0.717) is 12.3 Å². The Morgan fingerprint density at radius 3 is 2.60 bits per heavy atom. The summed E-state index contributed by atoms with van der Waals surface area (Å²) < 4.78 is 27.4. The quantitative estimate of drug-likeness (QED) is 0.927. The van der Waals surface area contributed by atoms with E-state index in [-0.39, 0.29) is 10.9 Å². The van der Waals surface area contributed by atoms with Crippen LogP contribution in [0.5, 0.6) is 0 Å². The van der Waals surface area contributed by atoms with Crippen molar-refractivity contribution in [3.63, 3.8) is 0 Å². The average molecular weight is 292 g/mol. The monoisotopic (exact) mass is 292 g/mol. The van der Waals surface area contributed by atoms with Gasteiger partial charge < -0.3 is 0 Å². The molecule has 2 atom stereocenters. The summed E-state index contributed by atoms with van der Waals surface area (Å²) in [6.07, 6.45) is 4.38. The van der Waals surface area contributed by atoms with Crippen LogP contribution >= 0.6 is 0 Å². The highest BCUT2D eigenvalue weighted by Crippen LogP contribution is 2.25. The molecule has 2 rings (SSSR count). The first kappa shape index (κ1) is 15.0. The molecule has 1 aromatic carbocycles. The van der Waals surface area contributed by atoms with Gasteiger partial charge in [0.2, 0.25) is 10.0 Å². The molecule has 0 amide bonds. The topological polar surface area (TPSA) is 70.0 Å². The van der Waals surface area contributed by atoms with Crippen molar-refractivity contribution in [1.82, 2.24) is 4.72 Å². The Labute approximate surface area is 120 Å². The fraction of sp³-hybridized carbons (Fsp3) is 0.533. The first-order chi connectivity index (χ1) is 9.51. The van der Waals surface area contributed by atoms with Crippen molar-refractivity contribution in [2.75, 3.05) is 0 Å². The minimum Gasteiger partial charge on any atom is -0.208 e. The van der Waals surface area contributed by atoms with Crippen LogP contribution in [0.1, 0.15) is 38.2 Å². The molecule has 108 valence electrons. The Balaban J connectivity index is 2.08. The number of nitrogens with one attached hydrogen (secondary N) is 1. The maximum Gasteiger partial charge on any atom is 0.240 e. The minimum absolute atomic E-state index is 0.0440. The van der Waals surface area contributed by atoms with Crippen LogP contribution in [0, 0.1) is 17.2 Å². The summed E-state index contributed by atoms with van der Waals surface area (Å²) in [5.74, 6) is 0.578. The zero-order valence-corrected chi connectivity index (χ0v) is 12.5. The van der Waals surface area contributed by atoms with Crippen molar-refractivity contribution in [3.8, 4) is 6.07 Å². The van der Waals surface area contributed by atoms with Gasteiger partial charge in [0.15, 0.2) is 0 Å². The third-order valence-electron chi connectivity index (χ3n) is 3.78. The van der Waals surface area contributed by atoms with E-state index in [1.807, 2.05) is 6.07 Å². The van der Waals surface area contributed by atoms with Crippen molar-refractivity contribution in [3.05, 3.63) is 29.8 Å². The summed E-state index contributed by atoms with van der Waals surface area (Å²) in [6.45, 7) is 2.16. The maximum atomic E-state index is 12.3. The molecule has 1 aromatic rings. The van der Waals surface area contributed by atoms with Crippen LogP contribution < -0.4 is 4.72 Å². The van der Waals surface area contributed by atoms with Gasteiger partial charge in [-0.3, -0.25) is 0 Å². The SMILES string of the molecule is CC1CCCC(NS(=O)(=O)c2ccc(CC#N)cc2)C1. The van der Waals surface area contributed by atoms with Crippen LogP contribution in [0.2, 0.25) is 0 Å². The fourth-order valence-electron chi connectivity index (χ4n) is 2.71. The van der Waals surface area contributed by atoms with Gasteiger partial charge in [-0.25, -0.2) is 13.1 Å². The lowest BCUT2D eigenvalue weighted by atomic mass is 9.88. The van der Waals surface area contributed by atoms with E-state index in [0.717, 1.165) is 24.8 Å². The molecule has 1 fully saturated rings. The molecule has 0 aromatic heterocycles. The predicted molar refractivity (Wildman–Crippen MR) is 77.5 cm³/mol. The molecule has 2 unspecified atom stereocenters. The molecule has 4 nitrogen and oxygen atoms in total. The normalized spacial score (nSPS) is 23.2. The number of benzene rings is 1. The van der Waals surface area contributed by atoms with Crippen LogP contribution in [0.3, 0.4) is 0 Å². The lowest BCUT2D eigenvalue weighted by Crippen LogP contribution is -2.37.